The minimum absolute atomic E-state index is 0.0342. The standard InChI is InChI=1S/C14H23NO6/c1-7-8-19-12(17)10(3)20-11(16)9(2)15-13(18)21-14(4,5)6/h7,9-10H,1,8H2,2-6H3,(H,15,18)/t9-,10+/m0/s1. The Labute approximate surface area is 124 Å². The van der Waals surface area contributed by atoms with E-state index in [1.54, 1.807) is 20.8 Å². The van der Waals surface area contributed by atoms with Crippen LogP contribution in [0.2, 0.25) is 0 Å². The normalized spacial score (nSPS) is 13.6. The molecule has 7 heteroatoms. The van der Waals surface area contributed by atoms with Crippen LogP contribution in [-0.2, 0) is 23.8 Å². The van der Waals surface area contributed by atoms with Crippen molar-refractivity contribution in [3.05, 3.63) is 12.7 Å². The highest BCUT2D eigenvalue weighted by atomic mass is 16.6. The highest BCUT2D eigenvalue weighted by molar-refractivity contribution is 5.84. The maximum atomic E-state index is 11.7. The van der Waals surface area contributed by atoms with Gasteiger partial charge >= 0.3 is 18.0 Å². The van der Waals surface area contributed by atoms with Gasteiger partial charge in [0.25, 0.3) is 0 Å². The van der Waals surface area contributed by atoms with E-state index in [0.717, 1.165) is 0 Å². The molecule has 0 saturated carbocycles. The van der Waals surface area contributed by atoms with Crippen LogP contribution in [0.4, 0.5) is 4.79 Å². The van der Waals surface area contributed by atoms with Crippen molar-refractivity contribution in [2.45, 2.75) is 52.4 Å². The summed E-state index contributed by atoms with van der Waals surface area (Å²) in [6.45, 7) is 11.3. The van der Waals surface area contributed by atoms with Gasteiger partial charge in [-0.2, -0.15) is 0 Å². The fourth-order valence-corrected chi connectivity index (χ4v) is 1.13. The van der Waals surface area contributed by atoms with Crippen LogP contribution >= 0.6 is 0 Å². The zero-order valence-corrected chi connectivity index (χ0v) is 13.1. The lowest BCUT2D eigenvalue weighted by molar-refractivity contribution is -0.166. The van der Waals surface area contributed by atoms with E-state index in [1.165, 1.54) is 19.9 Å². The summed E-state index contributed by atoms with van der Waals surface area (Å²) in [6, 6.07) is -0.950. The molecule has 0 aromatic rings. The summed E-state index contributed by atoms with van der Waals surface area (Å²) < 4.78 is 14.6. The Morgan fingerprint density at radius 2 is 1.76 bits per heavy atom. The van der Waals surface area contributed by atoms with Gasteiger partial charge in [-0.05, 0) is 34.6 Å². The largest absolute Gasteiger partial charge is 0.459 e. The molecule has 21 heavy (non-hydrogen) atoms. The molecule has 0 bridgehead atoms. The molecule has 0 aliphatic heterocycles. The third-order valence-electron chi connectivity index (χ3n) is 2.06. The van der Waals surface area contributed by atoms with E-state index in [4.69, 9.17) is 14.2 Å². The lowest BCUT2D eigenvalue weighted by atomic mass is 10.2. The van der Waals surface area contributed by atoms with Gasteiger partial charge in [0.05, 0.1) is 0 Å². The second-order valence-corrected chi connectivity index (χ2v) is 5.37. The van der Waals surface area contributed by atoms with Crippen molar-refractivity contribution < 1.29 is 28.6 Å². The SMILES string of the molecule is C=CCOC(=O)[C@@H](C)OC(=O)[C@H](C)NC(=O)OC(C)(C)C. The van der Waals surface area contributed by atoms with Gasteiger partial charge in [-0.25, -0.2) is 14.4 Å². The minimum Gasteiger partial charge on any atom is -0.459 e. The first-order chi connectivity index (χ1) is 9.56. The van der Waals surface area contributed by atoms with Crippen molar-refractivity contribution in [1.82, 2.24) is 5.32 Å². The second kappa shape index (κ2) is 8.28. The number of ether oxygens (including phenoxy) is 3. The van der Waals surface area contributed by atoms with Crippen molar-refractivity contribution in [3.63, 3.8) is 0 Å². The number of carbonyl (C=O) groups excluding carboxylic acids is 3. The molecule has 0 saturated heterocycles. The second-order valence-electron chi connectivity index (χ2n) is 5.37. The number of carbonyl (C=O) groups is 3. The summed E-state index contributed by atoms with van der Waals surface area (Å²) in [4.78, 5) is 34.6. The highest BCUT2D eigenvalue weighted by Crippen LogP contribution is 2.07. The van der Waals surface area contributed by atoms with Crippen LogP contribution in [0.25, 0.3) is 0 Å². The maximum absolute atomic E-state index is 11.7. The van der Waals surface area contributed by atoms with Gasteiger partial charge < -0.3 is 19.5 Å². The van der Waals surface area contributed by atoms with Crippen LogP contribution in [0, 0.1) is 0 Å². The van der Waals surface area contributed by atoms with Gasteiger partial charge in [-0.1, -0.05) is 12.7 Å². The molecule has 0 aromatic heterocycles. The van der Waals surface area contributed by atoms with E-state index >= 15 is 0 Å². The molecule has 7 nitrogen and oxygen atoms in total. The van der Waals surface area contributed by atoms with Crippen LogP contribution in [0.15, 0.2) is 12.7 Å². The topological polar surface area (TPSA) is 90.9 Å². The van der Waals surface area contributed by atoms with Gasteiger partial charge in [-0.3, -0.25) is 0 Å². The lowest BCUT2D eigenvalue weighted by Crippen LogP contribution is -2.44. The molecule has 0 aromatic carbocycles. The summed E-state index contributed by atoms with van der Waals surface area (Å²) in [5.41, 5.74) is -0.671. The van der Waals surface area contributed by atoms with Gasteiger partial charge in [0, 0.05) is 0 Å². The van der Waals surface area contributed by atoms with Gasteiger partial charge in [-0.15, -0.1) is 0 Å². The summed E-state index contributed by atoms with van der Waals surface area (Å²) in [5.74, 6) is -1.45. The van der Waals surface area contributed by atoms with Crippen LogP contribution in [0.5, 0.6) is 0 Å². The van der Waals surface area contributed by atoms with Crippen molar-refractivity contribution in [3.8, 4) is 0 Å². The maximum Gasteiger partial charge on any atom is 0.408 e. The molecule has 0 unspecified atom stereocenters. The zero-order valence-electron chi connectivity index (χ0n) is 13.1. The molecule has 0 heterocycles. The van der Waals surface area contributed by atoms with Crippen molar-refractivity contribution >= 4 is 18.0 Å². The Morgan fingerprint density at radius 1 is 1.19 bits per heavy atom. The van der Waals surface area contributed by atoms with Crippen LogP contribution < -0.4 is 5.32 Å². The number of hydrogen-bond acceptors (Lipinski definition) is 6. The third kappa shape index (κ3) is 8.67. The van der Waals surface area contributed by atoms with Gasteiger partial charge in [0.1, 0.15) is 18.2 Å². The molecule has 1 N–H and O–H groups in total. The average molecular weight is 301 g/mol. The molecule has 0 spiro atoms. The Bertz CT molecular complexity index is 399. The monoisotopic (exact) mass is 301 g/mol. The molecule has 0 aliphatic carbocycles. The van der Waals surface area contributed by atoms with Gasteiger partial charge in [0.15, 0.2) is 6.10 Å². The quantitative estimate of drug-likeness (QED) is 0.455. The predicted molar refractivity (Wildman–Crippen MR) is 75.5 cm³/mol. The highest BCUT2D eigenvalue weighted by Gasteiger charge is 2.25. The molecule has 2 atom stereocenters. The Morgan fingerprint density at radius 3 is 2.24 bits per heavy atom. The summed E-state index contributed by atoms with van der Waals surface area (Å²) in [6.07, 6.45) is -0.409. The van der Waals surface area contributed by atoms with Crippen molar-refractivity contribution in [2.75, 3.05) is 6.61 Å². The smallest absolute Gasteiger partial charge is 0.408 e. The summed E-state index contributed by atoms with van der Waals surface area (Å²) in [5, 5.41) is 2.32. The van der Waals surface area contributed by atoms with E-state index < -0.39 is 35.8 Å². The van der Waals surface area contributed by atoms with Crippen LogP contribution in [0.3, 0.4) is 0 Å². The minimum atomic E-state index is -1.07. The molecule has 120 valence electrons. The zero-order chi connectivity index (χ0) is 16.6. The number of hydrogen-bond donors (Lipinski definition) is 1. The van der Waals surface area contributed by atoms with E-state index in [-0.39, 0.29) is 6.61 Å². The third-order valence-corrected chi connectivity index (χ3v) is 2.06. The fraction of sp³-hybridized carbons (Fsp3) is 0.643. The van der Waals surface area contributed by atoms with Crippen molar-refractivity contribution in [1.29, 1.82) is 0 Å². The number of amides is 1. The van der Waals surface area contributed by atoms with E-state index in [0.29, 0.717) is 0 Å². The molecule has 0 fully saturated rings. The van der Waals surface area contributed by atoms with Crippen LogP contribution in [0.1, 0.15) is 34.6 Å². The number of esters is 2. The number of rotatable bonds is 6. The predicted octanol–water partition coefficient (Wildman–Crippen LogP) is 1.56. The summed E-state index contributed by atoms with van der Waals surface area (Å²) >= 11 is 0. The lowest BCUT2D eigenvalue weighted by Gasteiger charge is -2.22. The molecule has 0 rings (SSSR count). The van der Waals surface area contributed by atoms with Crippen molar-refractivity contribution in [2.24, 2.45) is 0 Å². The van der Waals surface area contributed by atoms with E-state index in [1.807, 2.05) is 0 Å². The first kappa shape index (κ1) is 18.9. The first-order valence-corrected chi connectivity index (χ1v) is 6.54. The van der Waals surface area contributed by atoms with E-state index in [2.05, 4.69) is 11.9 Å². The first-order valence-electron chi connectivity index (χ1n) is 6.54. The molecule has 0 radical (unpaired) electrons. The van der Waals surface area contributed by atoms with E-state index in [9.17, 15) is 14.4 Å². The number of nitrogens with one attached hydrogen (secondary N) is 1. The van der Waals surface area contributed by atoms with Crippen LogP contribution in [-0.4, -0.2) is 42.4 Å². The Balaban J connectivity index is 4.29. The summed E-state index contributed by atoms with van der Waals surface area (Å²) in [7, 11) is 0. The molecule has 0 aliphatic rings. The Hall–Kier alpha value is -2.05. The molecule has 1 amide bonds. The molecular weight excluding hydrogens is 278 g/mol. The molecular formula is C14H23NO6. The van der Waals surface area contributed by atoms with Gasteiger partial charge in [0.2, 0.25) is 0 Å². The fourth-order valence-electron chi connectivity index (χ4n) is 1.13. The average Bonchev–Trinajstić information content (AvgIpc) is 2.32. The Kier molecular flexibility index (Phi) is 7.48. The number of alkyl carbamates (subject to hydrolysis) is 1.